The van der Waals surface area contributed by atoms with Crippen molar-refractivity contribution in [1.29, 1.82) is 0 Å². The third kappa shape index (κ3) is 2.30. The van der Waals surface area contributed by atoms with Crippen molar-refractivity contribution in [2.24, 2.45) is 0 Å². The summed E-state index contributed by atoms with van der Waals surface area (Å²) < 4.78 is 8.46. The van der Waals surface area contributed by atoms with Gasteiger partial charge < -0.3 is 5.32 Å². The summed E-state index contributed by atoms with van der Waals surface area (Å²) in [6, 6.07) is 3.61. The van der Waals surface area contributed by atoms with Crippen LogP contribution in [0.15, 0.2) is 18.5 Å². The first-order valence-electron chi connectivity index (χ1n) is 5.88. The van der Waals surface area contributed by atoms with E-state index in [0.717, 1.165) is 28.3 Å². The van der Waals surface area contributed by atoms with Crippen LogP contribution in [-0.4, -0.2) is 18.7 Å². The number of aromatic nitrogens is 4. The van der Waals surface area contributed by atoms with E-state index in [9.17, 15) is 0 Å². The molecule has 1 aromatic carbocycles. The van der Waals surface area contributed by atoms with Gasteiger partial charge in [0, 0.05) is 5.56 Å². The van der Waals surface area contributed by atoms with Gasteiger partial charge in [0.25, 0.3) is 0 Å². The minimum absolute atomic E-state index is 0.435. The van der Waals surface area contributed by atoms with Gasteiger partial charge in [0.15, 0.2) is 0 Å². The molecule has 5 nitrogen and oxygen atoms in total. The van der Waals surface area contributed by atoms with Crippen LogP contribution in [0.25, 0.3) is 11.0 Å². The second-order valence-corrected chi connectivity index (χ2v) is 5.32. The number of anilines is 2. The van der Waals surface area contributed by atoms with Crippen molar-refractivity contribution in [3.8, 4) is 0 Å². The largest absolute Gasteiger partial charge is 0.337 e. The SMILES string of the molecule is CCc1c(Cl)ncnc1Nc1c(Cl)ccc2nsnc12. The molecular formula is C12H9Cl2N5S. The van der Waals surface area contributed by atoms with E-state index in [1.807, 2.05) is 13.0 Å². The Morgan fingerprint density at radius 3 is 2.85 bits per heavy atom. The van der Waals surface area contributed by atoms with Gasteiger partial charge in [-0.05, 0) is 18.6 Å². The molecule has 0 saturated heterocycles. The molecule has 0 atom stereocenters. The Bertz CT molecular complexity index is 774. The molecule has 0 fully saturated rings. The van der Waals surface area contributed by atoms with Crippen molar-refractivity contribution in [3.63, 3.8) is 0 Å². The Kier molecular flexibility index (Phi) is 3.69. The molecule has 0 spiro atoms. The van der Waals surface area contributed by atoms with Crippen LogP contribution in [0.1, 0.15) is 12.5 Å². The van der Waals surface area contributed by atoms with E-state index < -0.39 is 0 Å². The van der Waals surface area contributed by atoms with Crippen LogP contribution in [0.5, 0.6) is 0 Å². The molecule has 2 heterocycles. The zero-order valence-corrected chi connectivity index (χ0v) is 12.7. The van der Waals surface area contributed by atoms with Crippen molar-refractivity contribution in [2.45, 2.75) is 13.3 Å². The molecule has 0 aliphatic carbocycles. The van der Waals surface area contributed by atoms with E-state index in [0.29, 0.717) is 28.1 Å². The fraction of sp³-hybridized carbons (Fsp3) is 0.167. The van der Waals surface area contributed by atoms with Gasteiger partial charge in [-0.3, -0.25) is 0 Å². The summed E-state index contributed by atoms with van der Waals surface area (Å²) in [5.74, 6) is 0.634. The number of fused-ring (bicyclic) bond motifs is 1. The lowest BCUT2D eigenvalue weighted by Gasteiger charge is -2.11. The minimum Gasteiger partial charge on any atom is -0.337 e. The molecule has 0 amide bonds. The molecular weight excluding hydrogens is 317 g/mol. The Morgan fingerprint density at radius 2 is 2.05 bits per heavy atom. The standard InChI is InChI=1S/C12H9Cl2N5S/c1-2-6-11(14)15-5-16-12(6)17-9-7(13)3-4-8-10(9)19-20-18-8/h3-5H,2H2,1H3,(H,15,16,17). The minimum atomic E-state index is 0.435. The number of hydrogen-bond donors (Lipinski definition) is 1. The van der Waals surface area contributed by atoms with Crippen LogP contribution in [-0.2, 0) is 6.42 Å². The molecule has 8 heteroatoms. The van der Waals surface area contributed by atoms with Gasteiger partial charge in [-0.25, -0.2) is 9.97 Å². The van der Waals surface area contributed by atoms with Crippen LogP contribution in [0, 0.1) is 0 Å². The molecule has 102 valence electrons. The Morgan fingerprint density at radius 1 is 1.20 bits per heavy atom. The highest BCUT2D eigenvalue weighted by molar-refractivity contribution is 7.00. The molecule has 0 unspecified atom stereocenters. The normalized spacial score (nSPS) is 10.9. The van der Waals surface area contributed by atoms with E-state index in [2.05, 4.69) is 24.0 Å². The molecule has 3 rings (SSSR count). The van der Waals surface area contributed by atoms with Crippen molar-refractivity contribution >= 4 is 57.5 Å². The molecule has 0 saturated carbocycles. The van der Waals surface area contributed by atoms with Crippen molar-refractivity contribution in [2.75, 3.05) is 5.32 Å². The Hall–Kier alpha value is -1.50. The van der Waals surface area contributed by atoms with E-state index in [1.54, 1.807) is 6.07 Å². The first kappa shape index (κ1) is 13.5. The first-order chi connectivity index (χ1) is 9.70. The van der Waals surface area contributed by atoms with Crippen LogP contribution in [0.4, 0.5) is 11.5 Å². The maximum atomic E-state index is 6.24. The highest BCUT2D eigenvalue weighted by Crippen LogP contribution is 2.33. The van der Waals surface area contributed by atoms with Gasteiger partial charge in [0.1, 0.15) is 28.3 Å². The van der Waals surface area contributed by atoms with Crippen molar-refractivity contribution < 1.29 is 0 Å². The smallest absolute Gasteiger partial charge is 0.138 e. The third-order valence-electron chi connectivity index (χ3n) is 2.87. The van der Waals surface area contributed by atoms with Gasteiger partial charge in [-0.15, -0.1) is 0 Å². The summed E-state index contributed by atoms with van der Waals surface area (Å²) in [4.78, 5) is 8.21. The van der Waals surface area contributed by atoms with Crippen molar-refractivity contribution in [1.82, 2.24) is 18.7 Å². The molecule has 20 heavy (non-hydrogen) atoms. The van der Waals surface area contributed by atoms with Crippen LogP contribution in [0.2, 0.25) is 10.2 Å². The van der Waals surface area contributed by atoms with Crippen LogP contribution in [0.3, 0.4) is 0 Å². The van der Waals surface area contributed by atoms with E-state index >= 15 is 0 Å². The van der Waals surface area contributed by atoms with Gasteiger partial charge in [-0.2, -0.15) is 8.75 Å². The topological polar surface area (TPSA) is 63.6 Å². The lowest BCUT2D eigenvalue weighted by molar-refractivity contribution is 1.05. The zero-order chi connectivity index (χ0) is 14.1. The summed E-state index contributed by atoms with van der Waals surface area (Å²) in [7, 11) is 0. The fourth-order valence-corrected chi connectivity index (χ4v) is 2.89. The average Bonchev–Trinajstić information content (AvgIpc) is 2.91. The molecule has 3 aromatic rings. The number of rotatable bonds is 3. The van der Waals surface area contributed by atoms with Crippen LogP contribution >= 0.6 is 34.9 Å². The molecule has 0 bridgehead atoms. The van der Waals surface area contributed by atoms with E-state index in [1.165, 1.54) is 6.33 Å². The molecule has 1 N–H and O–H groups in total. The second-order valence-electron chi connectivity index (χ2n) is 4.02. The third-order valence-corrected chi connectivity index (χ3v) is 4.05. The van der Waals surface area contributed by atoms with E-state index in [-0.39, 0.29) is 0 Å². The number of halogens is 2. The monoisotopic (exact) mass is 325 g/mol. The van der Waals surface area contributed by atoms with Gasteiger partial charge >= 0.3 is 0 Å². The zero-order valence-electron chi connectivity index (χ0n) is 10.4. The van der Waals surface area contributed by atoms with Gasteiger partial charge in [0.2, 0.25) is 0 Å². The molecule has 2 aromatic heterocycles. The molecule has 0 aliphatic rings. The second kappa shape index (κ2) is 5.47. The average molecular weight is 326 g/mol. The summed E-state index contributed by atoms with van der Waals surface area (Å²) in [5, 5.41) is 4.19. The highest BCUT2D eigenvalue weighted by atomic mass is 35.5. The van der Waals surface area contributed by atoms with Crippen molar-refractivity contribution in [3.05, 3.63) is 34.2 Å². The Balaban J connectivity index is 2.12. The molecule has 0 aliphatic heterocycles. The van der Waals surface area contributed by atoms with Gasteiger partial charge in [0.05, 0.1) is 22.4 Å². The molecule has 0 radical (unpaired) electrons. The number of benzene rings is 1. The maximum Gasteiger partial charge on any atom is 0.138 e. The van der Waals surface area contributed by atoms with Gasteiger partial charge in [-0.1, -0.05) is 30.1 Å². The summed E-state index contributed by atoms with van der Waals surface area (Å²) in [6.45, 7) is 1.99. The lowest BCUT2D eigenvalue weighted by atomic mass is 10.2. The van der Waals surface area contributed by atoms with E-state index in [4.69, 9.17) is 23.2 Å². The predicted octanol–water partition coefficient (Wildman–Crippen LogP) is 4.09. The Labute approximate surface area is 129 Å². The lowest BCUT2D eigenvalue weighted by Crippen LogP contribution is -2.01. The summed E-state index contributed by atoms with van der Waals surface area (Å²) >= 11 is 13.5. The summed E-state index contributed by atoms with van der Waals surface area (Å²) in [6.07, 6.45) is 2.13. The summed E-state index contributed by atoms with van der Waals surface area (Å²) in [5.41, 5.74) is 3.03. The highest BCUT2D eigenvalue weighted by Gasteiger charge is 2.14. The number of nitrogens with zero attached hydrogens (tertiary/aromatic N) is 4. The first-order valence-corrected chi connectivity index (χ1v) is 7.36. The maximum absolute atomic E-state index is 6.24. The quantitative estimate of drug-likeness (QED) is 0.734. The number of nitrogens with one attached hydrogen (secondary N) is 1. The number of hydrogen-bond acceptors (Lipinski definition) is 6. The predicted molar refractivity (Wildman–Crippen MR) is 82.1 cm³/mol. The van der Waals surface area contributed by atoms with Crippen LogP contribution < -0.4 is 5.32 Å². The fourth-order valence-electron chi connectivity index (χ4n) is 1.88.